The first-order valence-electron chi connectivity index (χ1n) is 4.63. The summed E-state index contributed by atoms with van der Waals surface area (Å²) < 4.78 is 27.9. The fourth-order valence-corrected chi connectivity index (χ4v) is 2.33. The van der Waals surface area contributed by atoms with Gasteiger partial charge < -0.3 is 4.74 Å². The number of sulfonamides is 1. The van der Waals surface area contributed by atoms with Gasteiger partial charge in [0, 0.05) is 6.42 Å². The van der Waals surface area contributed by atoms with Crippen molar-refractivity contribution < 1.29 is 13.2 Å². The Labute approximate surface area is 89.1 Å². The van der Waals surface area contributed by atoms with Crippen LogP contribution in [0.5, 0.6) is 5.75 Å². The van der Waals surface area contributed by atoms with E-state index in [1.54, 1.807) is 12.1 Å². The molecule has 1 aliphatic rings. The summed E-state index contributed by atoms with van der Waals surface area (Å²) in [7, 11) is -3.62. The van der Waals surface area contributed by atoms with Gasteiger partial charge in [-0.3, -0.25) is 0 Å². The van der Waals surface area contributed by atoms with Gasteiger partial charge in [-0.05, 0) is 37.6 Å². The van der Waals surface area contributed by atoms with Crippen molar-refractivity contribution >= 4 is 10.0 Å². The third kappa shape index (κ3) is 1.98. The summed E-state index contributed by atoms with van der Waals surface area (Å²) in [5.74, 6) is 0.743. The third-order valence-corrected chi connectivity index (χ3v) is 3.27. The number of nitrogens with two attached hydrogens (primary N) is 1. The topological polar surface area (TPSA) is 69.4 Å². The number of rotatable bonds is 1. The molecule has 2 N–H and O–H groups in total. The van der Waals surface area contributed by atoms with Crippen molar-refractivity contribution in [1.82, 2.24) is 0 Å². The second-order valence-electron chi connectivity index (χ2n) is 4.35. The van der Waals surface area contributed by atoms with Crippen LogP contribution in [0.25, 0.3) is 0 Å². The molecule has 0 aliphatic carbocycles. The van der Waals surface area contributed by atoms with Crippen molar-refractivity contribution in [3.63, 3.8) is 0 Å². The molecule has 15 heavy (non-hydrogen) atoms. The molecule has 0 fully saturated rings. The van der Waals surface area contributed by atoms with Gasteiger partial charge in [0.1, 0.15) is 11.4 Å². The largest absolute Gasteiger partial charge is 0.487 e. The van der Waals surface area contributed by atoms with Crippen LogP contribution in [0.15, 0.2) is 23.1 Å². The van der Waals surface area contributed by atoms with E-state index in [2.05, 4.69) is 0 Å². The Kier molecular flexibility index (Phi) is 2.06. The van der Waals surface area contributed by atoms with Crippen LogP contribution in [0.3, 0.4) is 0 Å². The molecule has 5 heteroatoms. The highest BCUT2D eigenvalue weighted by molar-refractivity contribution is 7.89. The monoisotopic (exact) mass is 227 g/mol. The van der Waals surface area contributed by atoms with Crippen LogP contribution < -0.4 is 9.88 Å². The maximum Gasteiger partial charge on any atom is 0.238 e. The number of hydrogen-bond donors (Lipinski definition) is 1. The highest BCUT2D eigenvalue weighted by Gasteiger charge is 2.30. The van der Waals surface area contributed by atoms with E-state index in [4.69, 9.17) is 9.88 Å². The van der Waals surface area contributed by atoms with E-state index in [9.17, 15) is 8.42 Å². The molecular formula is C10H13NO3S. The average Bonchev–Trinajstić information content (AvgIpc) is 2.34. The zero-order valence-electron chi connectivity index (χ0n) is 8.65. The van der Waals surface area contributed by atoms with Gasteiger partial charge in [0.15, 0.2) is 0 Å². The number of benzene rings is 1. The molecule has 0 unspecified atom stereocenters. The van der Waals surface area contributed by atoms with Crippen LogP contribution in [-0.2, 0) is 16.4 Å². The second-order valence-corrected chi connectivity index (χ2v) is 5.91. The SMILES string of the molecule is CC1(C)Cc2cc(S(N)(=O)=O)ccc2O1. The summed E-state index contributed by atoms with van der Waals surface area (Å²) >= 11 is 0. The summed E-state index contributed by atoms with van der Waals surface area (Å²) in [6, 6.07) is 4.71. The number of fused-ring (bicyclic) bond motifs is 1. The van der Waals surface area contributed by atoms with E-state index < -0.39 is 10.0 Å². The first-order valence-corrected chi connectivity index (χ1v) is 6.17. The molecule has 82 valence electrons. The van der Waals surface area contributed by atoms with Crippen molar-refractivity contribution in [3.8, 4) is 5.75 Å². The van der Waals surface area contributed by atoms with E-state index in [-0.39, 0.29) is 10.5 Å². The summed E-state index contributed by atoms with van der Waals surface area (Å²) in [5.41, 5.74) is 0.630. The van der Waals surface area contributed by atoms with Crippen LogP contribution in [-0.4, -0.2) is 14.0 Å². The molecule has 1 aliphatic heterocycles. The molecule has 4 nitrogen and oxygen atoms in total. The van der Waals surface area contributed by atoms with Crippen LogP contribution in [0.2, 0.25) is 0 Å². The molecule has 0 saturated heterocycles. The van der Waals surface area contributed by atoms with E-state index in [0.717, 1.165) is 11.3 Å². The number of hydrogen-bond acceptors (Lipinski definition) is 3. The highest BCUT2D eigenvalue weighted by Crippen LogP contribution is 2.35. The van der Waals surface area contributed by atoms with Crippen molar-refractivity contribution in [2.24, 2.45) is 5.14 Å². The Morgan fingerprint density at radius 1 is 1.40 bits per heavy atom. The summed E-state index contributed by atoms with van der Waals surface area (Å²) in [5, 5.41) is 5.05. The van der Waals surface area contributed by atoms with Crippen LogP contribution >= 0.6 is 0 Å². The molecule has 0 saturated carbocycles. The Balaban J connectivity index is 2.48. The van der Waals surface area contributed by atoms with Crippen molar-refractivity contribution in [3.05, 3.63) is 23.8 Å². The highest BCUT2D eigenvalue weighted by atomic mass is 32.2. The zero-order valence-corrected chi connectivity index (χ0v) is 9.47. The maximum absolute atomic E-state index is 11.1. The average molecular weight is 227 g/mol. The lowest BCUT2D eigenvalue weighted by molar-refractivity contribution is 0.138. The number of primary sulfonamides is 1. The van der Waals surface area contributed by atoms with Gasteiger partial charge in [-0.1, -0.05) is 0 Å². The Morgan fingerprint density at radius 3 is 2.67 bits per heavy atom. The van der Waals surface area contributed by atoms with Crippen LogP contribution in [0, 0.1) is 0 Å². The van der Waals surface area contributed by atoms with Gasteiger partial charge in [0.2, 0.25) is 10.0 Å². The van der Waals surface area contributed by atoms with E-state index in [1.807, 2.05) is 13.8 Å². The van der Waals surface area contributed by atoms with E-state index >= 15 is 0 Å². The van der Waals surface area contributed by atoms with Crippen LogP contribution in [0.1, 0.15) is 19.4 Å². The fraction of sp³-hybridized carbons (Fsp3) is 0.400. The first-order chi connectivity index (χ1) is 6.78. The molecule has 0 bridgehead atoms. The van der Waals surface area contributed by atoms with Gasteiger partial charge in [-0.25, -0.2) is 13.6 Å². The Hall–Kier alpha value is -1.07. The molecule has 0 aromatic heterocycles. The lowest BCUT2D eigenvalue weighted by Gasteiger charge is -2.16. The fourth-order valence-electron chi connectivity index (χ4n) is 1.76. The predicted octanol–water partition coefficient (Wildman–Crippen LogP) is 1.05. The Bertz CT molecular complexity index is 505. The zero-order chi connectivity index (χ0) is 11.3. The van der Waals surface area contributed by atoms with E-state index in [0.29, 0.717) is 6.42 Å². The smallest absolute Gasteiger partial charge is 0.238 e. The quantitative estimate of drug-likeness (QED) is 0.779. The number of ether oxygens (including phenoxy) is 1. The molecule has 1 aromatic carbocycles. The van der Waals surface area contributed by atoms with Gasteiger partial charge in [0.25, 0.3) is 0 Å². The molecule has 0 radical (unpaired) electrons. The minimum Gasteiger partial charge on any atom is -0.487 e. The second kappa shape index (κ2) is 2.96. The lowest BCUT2D eigenvalue weighted by atomic mass is 10.0. The molecule has 2 rings (SSSR count). The normalized spacial score (nSPS) is 18.3. The Morgan fingerprint density at radius 2 is 2.07 bits per heavy atom. The minimum absolute atomic E-state index is 0.141. The standard InChI is InChI=1S/C10H13NO3S/c1-10(2)6-7-5-8(15(11,12)13)3-4-9(7)14-10/h3-5H,6H2,1-2H3,(H2,11,12,13). The molecule has 0 amide bonds. The van der Waals surface area contributed by atoms with Gasteiger partial charge >= 0.3 is 0 Å². The molecule has 1 heterocycles. The molecule has 0 spiro atoms. The van der Waals surface area contributed by atoms with E-state index in [1.165, 1.54) is 6.07 Å². The maximum atomic E-state index is 11.1. The third-order valence-electron chi connectivity index (χ3n) is 2.36. The molecular weight excluding hydrogens is 214 g/mol. The van der Waals surface area contributed by atoms with Crippen LogP contribution in [0.4, 0.5) is 0 Å². The van der Waals surface area contributed by atoms with Crippen molar-refractivity contribution in [2.75, 3.05) is 0 Å². The lowest BCUT2D eigenvalue weighted by Crippen LogP contribution is -2.24. The predicted molar refractivity (Wildman–Crippen MR) is 56.2 cm³/mol. The summed E-state index contributed by atoms with van der Waals surface area (Å²) in [4.78, 5) is 0.141. The minimum atomic E-state index is -3.62. The van der Waals surface area contributed by atoms with Gasteiger partial charge in [-0.2, -0.15) is 0 Å². The summed E-state index contributed by atoms with van der Waals surface area (Å²) in [6.45, 7) is 3.92. The van der Waals surface area contributed by atoms with Crippen molar-refractivity contribution in [1.29, 1.82) is 0 Å². The molecule has 1 aromatic rings. The summed E-state index contributed by atoms with van der Waals surface area (Å²) in [6.07, 6.45) is 0.700. The van der Waals surface area contributed by atoms with Crippen molar-refractivity contribution in [2.45, 2.75) is 30.8 Å². The van der Waals surface area contributed by atoms with Gasteiger partial charge in [-0.15, -0.1) is 0 Å². The molecule has 0 atom stereocenters. The first kappa shape index (κ1) is 10.4. The van der Waals surface area contributed by atoms with Gasteiger partial charge in [0.05, 0.1) is 4.90 Å².